The second-order valence-electron chi connectivity index (χ2n) is 7.00. The minimum atomic E-state index is -1.08. The van der Waals surface area contributed by atoms with Gasteiger partial charge in [-0.05, 0) is 42.5 Å². The predicted molar refractivity (Wildman–Crippen MR) is 119 cm³/mol. The van der Waals surface area contributed by atoms with Crippen molar-refractivity contribution in [2.45, 2.75) is 6.54 Å². The summed E-state index contributed by atoms with van der Waals surface area (Å²) >= 11 is 0. The van der Waals surface area contributed by atoms with Crippen LogP contribution < -0.4 is 10.9 Å². The number of nitrogens with one attached hydrogen (secondary N) is 2. The van der Waals surface area contributed by atoms with Gasteiger partial charge in [0.2, 0.25) is 5.91 Å². The quantitative estimate of drug-likeness (QED) is 0.304. The second-order valence-corrected chi connectivity index (χ2v) is 7.00. The summed E-state index contributed by atoms with van der Waals surface area (Å²) in [6.07, 6.45) is 4.70. The number of nitrogens with zero attached hydrogens (tertiary/aromatic N) is 3. The lowest BCUT2D eigenvalue weighted by Gasteiger charge is -2.07. The molecule has 0 aliphatic rings. The summed E-state index contributed by atoms with van der Waals surface area (Å²) < 4.78 is 14.8. The topological polar surface area (TPSA) is 143 Å². The lowest BCUT2D eigenvalue weighted by atomic mass is 10.1. The Labute approximate surface area is 184 Å². The van der Waals surface area contributed by atoms with Crippen LogP contribution in [0.5, 0.6) is 5.88 Å². The molecule has 0 aliphatic heterocycles. The van der Waals surface area contributed by atoms with Crippen molar-refractivity contribution in [1.29, 1.82) is 0 Å². The van der Waals surface area contributed by atoms with Gasteiger partial charge in [-0.1, -0.05) is 18.2 Å². The molecule has 0 spiro atoms. The highest BCUT2D eigenvalue weighted by Gasteiger charge is 2.21. The number of benzene rings is 2. The van der Waals surface area contributed by atoms with Crippen LogP contribution in [0.1, 0.15) is 11.4 Å². The number of fused-ring (bicyclic) bond motifs is 1. The maximum atomic E-state index is 13.1. The number of amides is 1. The third-order valence-electron chi connectivity index (χ3n) is 4.76. The van der Waals surface area contributed by atoms with E-state index in [-0.39, 0.29) is 18.3 Å². The Kier molecular flexibility index (Phi) is 5.68. The van der Waals surface area contributed by atoms with Crippen LogP contribution in [0.2, 0.25) is 0 Å². The number of rotatable bonds is 6. The smallest absolute Gasteiger partial charge is 0.395 e. The van der Waals surface area contributed by atoms with Crippen molar-refractivity contribution < 1.29 is 19.2 Å². The van der Waals surface area contributed by atoms with Crippen LogP contribution >= 0.6 is 0 Å². The van der Waals surface area contributed by atoms with Crippen molar-refractivity contribution in [2.75, 3.05) is 5.32 Å². The van der Waals surface area contributed by atoms with E-state index in [9.17, 15) is 29.2 Å². The molecule has 0 aliphatic carbocycles. The number of carbonyl (C=O) groups is 1. The van der Waals surface area contributed by atoms with Gasteiger partial charge < -0.3 is 20.0 Å². The zero-order valence-corrected chi connectivity index (χ0v) is 16.9. The summed E-state index contributed by atoms with van der Waals surface area (Å²) in [4.78, 5) is 40.0. The van der Waals surface area contributed by atoms with Crippen molar-refractivity contribution in [3.63, 3.8) is 0 Å². The van der Waals surface area contributed by atoms with E-state index in [1.165, 1.54) is 30.3 Å². The molecule has 11 heteroatoms. The molecule has 2 heterocycles. The van der Waals surface area contributed by atoms with E-state index in [2.05, 4.69) is 15.3 Å². The average Bonchev–Trinajstić information content (AvgIpc) is 3.10. The highest BCUT2D eigenvalue weighted by molar-refractivity contribution is 5.95. The molecule has 33 heavy (non-hydrogen) atoms. The molecular weight excluding hydrogens is 433 g/mol. The normalized spacial score (nSPS) is 11.2. The molecule has 2 aromatic carbocycles. The summed E-state index contributed by atoms with van der Waals surface area (Å²) in [5.41, 5.74) is -0.200. The second kappa shape index (κ2) is 8.75. The van der Waals surface area contributed by atoms with Gasteiger partial charge in [-0.25, -0.2) is 4.39 Å². The lowest BCUT2D eigenvalue weighted by Crippen LogP contribution is -2.18. The molecule has 0 fully saturated rings. The molecule has 4 rings (SSSR count). The Morgan fingerprint density at radius 3 is 2.64 bits per heavy atom. The van der Waals surface area contributed by atoms with Gasteiger partial charge in [-0.3, -0.25) is 19.7 Å². The average molecular weight is 449 g/mol. The third-order valence-corrected chi connectivity index (χ3v) is 4.76. The SMILES string of the molecule is O=C(Cn1cc(C=Cc2nc(O)c([N+](=O)[O-])c(=O)[nH]2)c2ccccc21)Nc1ccc(F)cc1. The maximum absolute atomic E-state index is 13.1. The van der Waals surface area contributed by atoms with Gasteiger partial charge in [-0.15, -0.1) is 0 Å². The summed E-state index contributed by atoms with van der Waals surface area (Å²) in [5.74, 6) is -1.78. The Hall–Kier alpha value is -4.80. The molecule has 0 bridgehead atoms. The molecule has 166 valence electrons. The van der Waals surface area contributed by atoms with Crippen molar-refractivity contribution in [2.24, 2.45) is 0 Å². The zero-order valence-electron chi connectivity index (χ0n) is 16.9. The first kappa shape index (κ1) is 21.4. The lowest BCUT2D eigenvalue weighted by molar-refractivity contribution is -0.387. The number of halogens is 1. The van der Waals surface area contributed by atoms with E-state index in [1.807, 2.05) is 24.3 Å². The van der Waals surface area contributed by atoms with E-state index in [1.54, 1.807) is 16.8 Å². The summed E-state index contributed by atoms with van der Waals surface area (Å²) in [6, 6.07) is 12.7. The van der Waals surface area contributed by atoms with E-state index < -0.39 is 27.9 Å². The number of anilines is 1. The highest BCUT2D eigenvalue weighted by Crippen LogP contribution is 2.24. The molecule has 0 atom stereocenters. The summed E-state index contributed by atoms with van der Waals surface area (Å²) in [7, 11) is 0. The van der Waals surface area contributed by atoms with E-state index in [0.717, 1.165) is 10.9 Å². The number of hydrogen-bond donors (Lipinski definition) is 3. The first-order chi connectivity index (χ1) is 15.8. The van der Waals surface area contributed by atoms with Gasteiger partial charge in [0.15, 0.2) is 0 Å². The number of H-pyrrole nitrogens is 1. The van der Waals surface area contributed by atoms with Crippen molar-refractivity contribution in [1.82, 2.24) is 14.5 Å². The zero-order chi connectivity index (χ0) is 23.5. The van der Waals surface area contributed by atoms with Gasteiger partial charge in [0.1, 0.15) is 18.2 Å². The Morgan fingerprint density at radius 2 is 1.94 bits per heavy atom. The molecule has 10 nitrogen and oxygen atoms in total. The fraction of sp³-hybridized carbons (Fsp3) is 0.0455. The Morgan fingerprint density at radius 1 is 1.21 bits per heavy atom. The number of nitro groups is 1. The molecular formula is C22H16FN5O5. The number of aromatic nitrogens is 3. The molecule has 3 N–H and O–H groups in total. The van der Waals surface area contributed by atoms with E-state index in [0.29, 0.717) is 11.3 Å². The van der Waals surface area contributed by atoms with Gasteiger partial charge in [0, 0.05) is 28.4 Å². The fourth-order valence-electron chi connectivity index (χ4n) is 3.31. The fourth-order valence-corrected chi connectivity index (χ4v) is 3.31. The van der Waals surface area contributed by atoms with Crippen molar-refractivity contribution >= 4 is 40.3 Å². The maximum Gasteiger partial charge on any atom is 0.395 e. The standard InChI is InChI=1S/C22H16FN5O5/c23-14-6-8-15(9-7-14)24-19(29)12-27-11-13(16-3-1-2-4-17(16)27)5-10-18-25-21(30)20(28(32)33)22(31)26-18/h1-11H,12H2,(H,24,29)(H2,25,26,30,31). The molecule has 0 radical (unpaired) electrons. The van der Waals surface area contributed by atoms with Crippen LogP contribution in [0.3, 0.4) is 0 Å². The Bertz CT molecular complexity index is 1460. The van der Waals surface area contributed by atoms with Crippen LogP contribution in [0.4, 0.5) is 15.8 Å². The van der Waals surface area contributed by atoms with Crippen molar-refractivity contribution in [3.8, 4) is 5.88 Å². The molecule has 4 aromatic rings. The van der Waals surface area contributed by atoms with Crippen molar-refractivity contribution in [3.05, 3.63) is 92.4 Å². The first-order valence-corrected chi connectivity index (χ1v) is 9.61. The van der Waals surface area contributed by atoms with Gasteiger partial charge in [0.05, 0.1) is 4.92 Å². The van der Waals surface area contributed by atoms with Crippen LogP contribution in [0.15, 0.2) is 59.5 Å². The Balaban J connectivity index is 1.61. The molecule has 2 aromatic heterocycles. The minimum absolute atomic E-state index is 0.0147. The summed E-state index contributed by atoms with van der Waals surface area (Å²) in [5, 5.41) is 24.0. The summed E-state index contributed by atoms with van der Waals surface area (Å²) in [6.45, 7) is -0.0147. The van der Waals surface area contributed by atoms with Crippen LogP contribution in [-0.4, -0.2) is 30.5 Å². The number of aromatic hydroxyl groups is 1. The van der Waals surface area contributed by atoms with Crippen LogP contribution in [0.25, 0.3) is 23.1 Å². The monoisotopic (exact) mass is 449 g/mol. The van der Waals surface area contributed by atoms with E-state index >= 15 is 0 Å². The number of aromatic amines is 1. The third kappa shape index (κ3) is 4.61. The van der Waals surface area contributed by atoms with Crippen LogP contribution in [-0.2, 0) is 11.3 Å². The highest BCUT2D eigenvalue weighted by atomic mass is 19.1. The molecule has 1 amide bonds. The van der Waals surface area contributed by atoms with E-state index in [4.69, 9.17) is 0 Å². The largest absolute Gasteiger partial charge is 0.488 e. The van der Waals surface area contributed by atoms with Crippen LogP contribution in [0, 0.1) is 15.9 Å². The molecule has 0 saturated carbocycles. The van der Waals surface area contributed by atoms with Gasteiger partial charge in [0.25, 0.3) is 5.88 Å². The first-order valence-electron chi connectivity index (χ1n) is 9.61. The number of carbonyl (C=O) groups excluding carboxylic acids is 1. The molecule has 0 saturated heterocycles. The molecule has 0 unspecified atom stereocenters. The number of hydrogen-bond acceptors (Lipinski definition) is 6. The van der Waals surface area contributed by atoms with Gasteiger partial charge in [-0.2, -0.15) is 4.98 Å². The van der Waals surface area contributed by atoms with Gasteiger partial charge >= 0.3 is 11.2 Å². The predicted octanol–water partition coefficient (Wildman–Crippen LogP) is 3.29. The number of para-hydroxylation sites is 1. The minimum Gasteiger partial charge on any atom is -0.488 e.